The lowest BCUT2D eigenvalue weighted by molar-refractivity contribution is 0.344. The summed E-state index contributed by atoms with van der Waals surface area (Å²) in [7, 11) is 0. The zero-order valence-corrected chi connectivity index (χ0v) is 12.1. The van der Waals surface area contributed by atoms with E-state index in [4.69, 9.17) is 27.9 Å². The van der Waals surface area contributed by atoms with Crippen molar-refractivity contribution in [3.05, 3.63) is 44.6 Å². The molecule has 8 heteroatoms. The number of hydrogen-bond donors (Lipinski definition) is 2. The predicted molar refractivity (Wildman–Crippen MR) is 77.3 cm³/mol. The zero-order valence-electron chi connectivity index (χ0n) is 9.78. The van der Waals surface area contributed by atoms with E-state index in [1.165, 1.54) is 0 Å². The van der Waals surface area contributed by atoms with Crippen LogP contribution in [0.15, 0.2) is 23.0 Å². The molecule has 2 aromatic rings. The molecular formula is C11H11Cl2N3O2S. The molecule has 0 amide bonds. The average molecular weight is 320 g/mol. The van der Waals surface area contributed by atoms with Crippen LogP contribution in [0.4, 0.5) is 0 Å². The molecule has 0 saturated heterocycles. The third-order valence-corrected chi connectivity index (χ3v) is 3.85. The van der Waals surface area contributed by atoms with Crippen LogP contribution in [0.25, 0.3) is 0 Å². The Labute approximate surface area is 123 Å². The molecule has 0 spiro atoms. The Bertz CT molecular complexity index is 600. The van der Waals surface area contributed by atoms with E-state index in [0.717, 1.165) is 5.75 Å². The second kappa shape index (κ2) is 6.88. The SMILES string of the molecule is O=c1[nH]nc(CSCCOc2ccc(Cl)c(Cl)c2)[nH]1. The quantitative estimate of drug-likeness (QED) is 0.803. The van der Waals surface area contributed by atoms with Crippen molar-refractivity contribution in [2.24, 2.45) is 0 Å². The third-order valence-electron chi connectivity index (χ3n) is 2.18. The second-order valence-corrected chi connectivity index (χ2v) is 5.52. The Kier molecular flexibility index (Phi) is 5.18. The Balaban J connectivity index is 1.69. The van der Waals surface area contributed by atoms with Crippen LogP contribution in [-0.4, -0.2) is 27.5 Å². The first-order valence-corrected chi connectivity index (χ1v) is 7.35. The smallest absolute Gasteiger partial charge is 0.340 e. The number of nitrogens with one attached hydrogen (secondary N) is 2. The molecule has 1 aromatic heterocycles. The van der Waals surface area contributed by atoms with Gasteiger partial charge in [-0.1, -0.05) is 23.2 Å². The molecule has 0 saturated carbocycles. The Morgan fingerprint density at radius 1 is 1.32 bits per heavy atom. The summed E-state index contributed by atoms with van der Waals surface area (Å²) >= 11 is 13.3. The van der Waals surface area contributed by atoms with Gasteiger partial charge in [0.2, 0.25) is 0 Å². The topological polar surface area (TPSA) is 70.8 Å². The molecule has 0 unspecified atom stereocenters. The summed E-state index contributed by atoms with van der Waals surface area (Å²) in [6, 6.07) is 5.14. The maximum Gasteiger partial charge on any atom is 0.340 e. The van der Waals surface area contributed by atoms with Gasteiger partial charge in [-0.05, 0) is 12.1 Å². The van der Waals surface area contributed by atoms with Crippen LogP contribution in [0.3, 0.4) is 0 Å². The maximum absolute atomic E-state index is 10.8. The predicted octanol–water partition coefficient (Wildman–Crippen LogP) is 2.72. The molecule has 1 aromatic carbocycles. The molecule has 0 bridgehead atoms. The summed E-state index contributed by atoms with van der Waals surface area (Å²) in [5, 5.41) is 7.10. The van der Waals surface area contributed by atoms with Gasteiger partial charge in [-0.3, -0.25) is 4.98 Å². The number of nitrogens with zero attached hydrogens (tertiary/aromatic N) is 1. The molecule has 0 aliphatic carbocycles. The largest absolute Gasteiger partial charge is 0.493 e. The van der Waals surface area contributed by atoms with Crippen molar-refractivity contribution in [3.63, 3.8) is 0 Å². The fourth-order valence-electron chi connectivity index (χ4n) is 1.33. The van der Waals surface area contributed by atoms with Crippen LogP contribution in [0.5, 0.6) is 5.75 Å². The molecule has 0 atom stereocenters. The number of thioether (sulfide) groups is 1. The highest BCUT2D eigenvalue weighted by Gasteiger charge is 2.01. The number of aromatic amines is 2. The molecule has 102 valence electrons. The molecule has 0 aliphatic heterocycles. The molecule has 19 heavy (non-hydrogen) atoms. The summed E-state index contributed by atoms with van der Waals surface area (Å²) in [5.41, 5.74) is -0.289. The van der Waals surface area contributed by atoms with Crippen LogP contribution >= 0.6 is 35.0 Å². The minimum absolute atomic E-state index is 0.289. The minimum Gasteiger partial charge on any atom is -0.493 e. The Morgan fingerprint density at radius 2 is 2.16 bits per heavy atom. The highest BCUT2D eigenvalue weighted by atomic mass is 35.5. The van der Waals surface area contributed by atoms with Crippen molar-refractivity contribution in [2.75, 3.05) is 12.4 Å². The molecule has 0 radical (unpaired) electrons. The number of benzene rings is 1. The Morgan fingerprint density at radius 3 is 2.84 bits per heavy atom. The fourth-order valence-corrected chi connectivity index (χ4v) is 2.29. The van der Waals surface area contributed by atoms with E-state index in [1.807, 2.05) is 0 Å². The summed E-state index contributed by atoms with van der Waals surface area (Å²) in [6.45, 7) is 0.539. The Hall–Kier alpha value is -1.11. The first kappa shape index (κ1) is 14.3. The van der Waals surface area contributed by atoms with Gasteiger partial charge in [0.15, 0.2) is 0 Å². The lowest BCUT2D eigenvalue weighted by atomic mass is 10.3. The van der Waals surface area contributed by atoms with Gasteiger partial charge in [0.05, 0.1) is 22.4 Å². The molecular weight excluding hydrogens is 309 g/mol. The highest BCUT2D eigenvalue weighted by molar-refractivity contribution is 7.98. The van der Waals surface area contributed by atoms with Crippen LogP contribution in [0.2, 0.25) is 10.0 Å². The van der Waals surface area contributed by atoms with E-state index < -0.39 is 0 Å². The van der Waals surface area contributed by atoms with Crippen molar-refractivity contribution in [1.29, 1.82) is 0 Å². The monoisotopic (exact) mass is 319 g/mol. The van der Waals surface area contributed by atoms with Crippen molar-refractivity contribution in [3.8, 4) is 5.75 Å². The van der Waals surface area contributed by atoms with Gasteiger partial charge in [-0.15, -0.1) is 0 Å². The lowest BCUT2D eigenvalue weighted by Gasteiger charge is -2.06. The molecule has 0 fully saturated rings. The van der Waals surface area contributed by atoms with E-state index in [-0.39, 0.29) is 5.69 Å². The summed E-state index contributed by atoms with van der Waals surface area (Å²) in [6.07, 6.45) is 0. The summed E-state index contributed by atoms with van der Waals surface area (Å²) in [5.74, 6) is 2.71. The van der Waals surface area contributed by atoms with Crippen molar-refractivity contribution in [2.45, 2.75) is 5.75 Å². The van der Waals surface area contributed by atoms with Gasteiger partial charge in [0.1, 0.15) is 11.6 Å². The number of H-pyrrole nitrogens is 2. The fraction of sp³-hybridized carbons (Fsp3) is 0.273. The van der Waals surface area contributed by atoms with Crippen LogP contribution < -0.4 is 10.4 Å². The highest BCUT2D eigenvalue weighted by Crippen LogP contribution is 2.26. The van der Waals surface area contributed by atoms with E-state index in [2.05, 4.69) is 15.2 Å². The minimum atomic E-state index is -0.289. The average Bonchev–Trinajstić information content (AvgIpc) is 2.79. The molecule has 2 rings (SSSR count). The van der Waals surface area contributed by atoms with Gasteiger partial charge < -0.3 is 4.74 Å². The molecule has 2 N–H and O–H groups in total. The van der Waals surface area contributed by atoms with Gasteiger partial charge in [-0.2, -0.15) is 16.9 Å². The number of ether oxygens (including phenoxy) is 1. The number of hydrogen-bond acceptors (Lipinski definition) is 4. The number of aromatic nitrogens is 3. The normalized spacial score (nSPS) is 10.6. The molecule has 5 nitrogen and oxygen atoms in total. The standard InChI is InChI=1S/C11H11Cl2N3O2S/c12-8-2-1-7(5-9(8)13)18-3-4-19-6-10-14-11(17)16-15-10/h1-2,5H,3-4,6H2,(H2,14,15,16,17). The van der Waals surface area contributed by atoms with Crippen LogP contribution in [0, 0.1) is 0 Å². The van der Waals surface area contributed by atoms with Crippen LogP contribution in [-0.2, 0) is 5.75 Å². The maximum atomic E-state index is 10.8. The molecule has 0 aliphatic rings. The van der Waals surface area contributed by atoms with E-state index in [0.29, 0.717) is 34.0 Å². The molecule has 1 heterocycles. The number of halogens is 2. The van der Waals surface area contributed by atoms with E-state index in [1.54, 1.807) is 30.0 Å². The van der Waals surface area contributed by atoms with Crippen LogP contribution in [0.1, 0.15) is 5.82 Å². The van der Waals surface area contributed by atoms with Gasteiger partial charge in [-0.25, -0.2) is 9.89 Å². The summed E-state index contributed by atoms with van der Waals surface area (Å²) in [4.78, 5) is 13.4. The first-order chi connectivity index (χ1) is 9.15. The van der Waals surface area contributed by atoms with Crippen molar-refractivity contribution < 1.29 is 4.74 Å². The van der Waals surface area contributed by atoms with E-state index in [9.17, 15) is 4.79 Å². The lowest BCUT2D eigenvalue weighted by Crippen LogP contribution is -2.02. The van der Waals surface area contributed by atoms with E-state index >= 15 is 0 Å². The van der Waals surface area contributed by atoms with Crippen molar-refractivity contribution in [1.82, 2.24) is 15.2 Å². The first-order valence-electron chi connectivity index (χ1n) is 5.44. The van der Waals surface area contributed by atoms with Crippen molar-refractivity contribution >= 4 is 35.0 Å². The zero-order chi connectivity index (χ0) is 13.7. The number of rotatable bonds is 6. The van der Waals surface area contributed by atoms with Gasteiger partial charge in [0, 0.05) is 11.8 Å². The second-order valence-electron chi connectivity index (χ2n) is 3.60. The summed E-state index contributed by atoms with van der Waals surface area (Å²) < 4.78 is 5.52. The van der Waals surface area contributed by atoms with Gasteiger partial charge >= 0.3 is 5.69 Å². The third kappa shape index (κ3) is 4.49. The van der Waals surface area contributed by atoms with Gasteiger partial charge in [0.25, 0.3) is 0 Å².